The predicted octanol–water partition coefficient (Wildman–Crippen LogP) is -1.23. The molecule has 0 aliphatic rings. The zero-order valence-electron chi connectivity index (χ0n) is 28.6. The molecule has 1 rings (SSSR count). The Labute approximate surface area is 293 Å². The van der Waals surface area contributed by atoms with E-state index in [2.05, 4.69) is 44.2 Å². The number of aliphatic carboxylic acids is 1. The Morgan fingerprint density at radius 3 is 2.02 bits per heavy atom. The second kappa shape index (κ2) is 22.3. The third kappa shape index (κ3) is 16.5. The van der Waals surface area contributed by atoms with Gasteiger partial charge in [0.2, 0.25) is 29.5 Å². The van der Waals surface area contributed by atoms with Gasteiger partial charge in [0.1, 0.15) is 24.2 Å². The highest BCUT2D eigenvalue weighted by molar-refractivity contribution is 7.80. The molecule has 0 aliphatic carbocycles. The maximum Gasteiger partial charge on any atom is 0.326 e. The van der Waals surface area contributed by atoms with Crippen LogP contribution in [0, 0.1) is 11.8 Å². The number of hydrogen-bond donors (Lipinski definition) is 10. The molecule has 0 bridgehead atoms. The highest BCUT2D eigenvalue weighted by Crippen LogP contribution is 2.10. The molecular weight excluding hydrogens is 654 g/mol. The van der Waals surface area contributed by atoms with Crippen molar-refractivity contribution in [3.63, 3.8) is 0 Å². The Bertz CT molecular complexity index is 1280. The van der Waals surface area contributed by atoms with Gasteiger partial charge < -0.3 is 48.9 Å². The van der Waals surface area contributed by atoms with Gasteiger partial charge in [0.05, 0.1) is 12.6 Å². The molecule has 17 heteroatoms. The molecule has 0 saturated carbocycles. The number of carbonyl (C=O) groups is 6. The van der Waals surface area contributed by atoms with Crippen LogP contribution in [0.15, 0.2) is 35.3 Å². The summed E-state index contributed by atoms with van der Waals surface area (Å²) in [5, 5.41) is 22.3. The first-order valence-electron chi connectivity index (χ1n) is 16.3. The minimum absolute atomic E-state index is 0.0259. The molecule has 0 heterocycles. The lowest BCUT2D eigenvalue weighted by atomic mass is 9.98. The number of carboxylic acid groups (broad SMARTS) is 1. The van der Waals surface area contributed by atoms with E-state index in [1.807, 2.05) is 51.1 Å². The van der Waals surface area contributed by atoms with Crippen LogP contribution >= 0.6 is 12.6 Å². The van der Waals surface area contributed by atoms with Crippen LogP contribution in [0.2, 0.25) is 0 Å². The number of amides is 5. The number of nitrogens with one attached hydrogen (secondary N) is 5. The zero-order valence-corrected chi connectivity index (χ0v) is 29.5. The molecule has 0 saturated heterocycles. The Morgan fingerprint density at radius 2 is 1.47 bits per heavy atom. The lowest BCUT2D eigenvalue weighted by Crippen LogP contribution is -2.58. The van der Waals surface area contributed by atoms with E-state index in [9.17, 15) is 33.9 Å². The summed E-state index contributed by atoms with van der Waals surface area (Å²) in [7, 11) is 0. The fraction of sp³-hybridized carbons (Fsp3) is 0.594. The van der Waals surface area contributed by atoms with Crippen molar-refractivity contribution >= 4 is 54.1 Å². The number of guanidine groups is 1. The minimum atomic E-state index is -1.22. The molecule has 0 fully saturated rings. The van der Waals surface area contributed by atoms with Crippen LogP contribution in [0.4, 0.5) is 0 Å². The number of carbonyl (C=O) groups excluding carboxylic acids is 5. The van der Waals surface area contributed by atoms with Crippen LogP contribution in [0.5, 0.6) is 0 Å². The first kappa shape index (κ1) is 42.6. The summed E-state index contributed by atoms with van der Waals surface area (Å²) in [6, 6.07) is 3.74. The number of aliphatic imine (C=N–C) groups is 1. The largest absolute Gasteiger partial charge is 0.480 e. The molecule has 16 nitrogen and oxygen atoms in total. The van der Waals surface area contributed by atoms with E-state index in [0.29, 0.717) is 6.42 Å². The van der Waals surface area contributed by atoms with Crippen molar-refractivity contribution in [2.45, 2.75) is 90.0 Å². The predicted molar refractivity (Wildman–Crippen MR) is 189 cm³/mol. The van der Waals surface area contributed by atoms with Gasteiger partial charge >= 0.3 is 5.97 Å². The standard InChI is InChI=1S/C32H53N9O7S/c1-5-19(4)26(41-29(45)24(17-49)40-27(43)21(33)15-20-10-7-6-8-11-20)30(46)37-16-25(42)38-22(12-9-13-36-32(34)35)28(44)39-23(31(47)48)14-18(2)3/h6-8,10-11,18-19,21-24,26,49H,5,9,12-17,33H2,1-4H3,(H,37,46)(H,38,42)(H,39,44)(H,40,43)(H,41,45)(H,47,48)(H4,34,35,36). The first-order valence-corrected chi connectivity index (χ1v) is 16.9. The molecule has 1 aromatic rings. The number of rotatable bonds is 22. The fourth-order valence-corrected chi connectivity index (χ4v) is 4.91. The Hall–Kier alpha value is -4.38. The Balaban J connectivity index is 2.91. The van der Waals surface area contributed by atoms with Crippen molar-refractivity contribution in [2.24, 2.45) is 34.0 Å². The third-order valence-electron chi connectivity index (χ3n) is 7.59. The second-order valence-electron chi connectivity index (χ2n) is 12.2. The summed E-state index contributed by atoms with van der Waals surface area (Å²) in [4.78, 5) is 80.7. The first-order chi connectivity index (χ1) is 23.1. The van der Waals surface area contributed by atoms with Crippen LogP contribution in [0.25, 0.3) is 0 Å². The normalized spacial score (nSPS) is 14.6. The fourth-order valence-electron chi connectivity index (χ4n) is 4.65. The van der Waals surface area contributed by atoms with E-state index in [0.717, 1.165) is 5.56 Å². The lowest BCUT2D eigenvalue weighted by molar-refractivity contribution is -0.142. The molecule has 0 aliphatic heterocycles. The van der Waals surface area contributed by atoms with E-state index in [1.165, 1.54) is 0 Å². The van der Waals surface area contributed by atoms with E-state index in [1.54, 1.807) is 6.92 Å². The molecule has 274 valence electrons. The second-order valence-corrected chi connectivity index (χ2v) is 12.6. The van der Waals surface area contributed by atoms with Gasteiger partial charge in [0, 0.05) is 12.3 Å². The molecule has 1 aromatic carbocycles. The van der Waals surface area contributed by atoms with Gasteiger partial charge in [-0.25, -0.2) is 4.79 Å². The van der Waals surface area contributed by atoms with Crippen molar-refractivity contribution in [1.82, 2.24) is 26.6 Å². The molecule has 12 N–H and O–H groups in total. The summed E-state index contributed by atoms with van der Waals surface area (Å²) in [5.74, 6) is -5.16. The number of thiol groups is 1. The van der Waals surface area contributed by atoms with Crippen molar-refractivity contribution in [2.75, 3.05) is 18.8 Å². The van der Waals surface area contributed by atoms with Crippen LogP contribution in [0.1, 0.15) is 58.9 Å². The number of carboxylic acids is 1. The minimum Gasteiger partial charge on any atom is -0.480 e. The van der Waals surface area contributed by atoms with E-state index in [-0.39, 0.29) is 55.8 Å². The van der Waals surface area contributed by atoms with E-state index < -0.39 is 72.3 Å². The number of benzene rings is 1. The van der Waals surface area contributed by atoms with Crippen LogP contribution in [0.3, 0.4) is 0 Å². The molecule has 6 atom stereocenters. The van der Waals surface area contributed by atoms with Crippen LogP contribution in [-0.4, -0.2) is 95.6 Å². The summed E-state index contributed by atoms with van der Waals surface area (Å²) >= 11 is 4.20. The molecule has 5 amide bonds. The summed E-state index contributed by atoms with van der Waals surface area (Å²) in [6.45, 7) is 6.79. The van der Waals surface area contributed by atoms with Gasteiger partial charge in [-0.2, -0.15) is 12.6 Å². The third-order valence-corrected chi connectivity index (χ3v) is 7.95. The lowest BCUT2D eigenvalue weighted by Gasteiger charge is -2.26. The SMILES string of the molecule is CCC(C)C(NC(=O)C(CS)NC(=O)C(N)Cc1ccccc1)C(=O)NCC(=O)NC(CCCN=C(N)N)C(=O)NC(CC(C)C)C(=O)O. The number of nitrogens with zero attached hydrogens (tertiary/aromatic N) is 1. The smallest absolute Gasteiger partial charge is 0.326 e. The highest BCUT2D eigenvalue weighted by Gasteiger charge is 2.31. The van der Waals surface area contributed by atoms with Gasteiger partial charge in [-0.15, -0.1) is 0 Å². The summed E-state index contributed by atoms with van der Waals surface area (Å²) in [6.07, 6.45) is 1.28. The molecule has 6 unspecified atom stereocenters. The number of nitrogens with two attached hydrogens (primary N) is 3. The average Bonchev–Trinajstić information content (AvgIpc) is 3.05. The van der Waals surface area contributed by atoms with Gasteiger partial charge in [0.25, 0.3) is 0 Å². The Kier molecular flexibility index (Phi) is 19.4. The maximum atomic E-state index is 13.2. The average molecular weight is 708 g/mol. The van der Waals surface area contributed by atoms with Crippen molar-refractivity contribution in [1.29, 1.82) is 0 Å². The van der Waals surface area contributed by atoms with Crippen LogP contribution < -0.4 is 43.8 Å². The quantitative estimate of drug-likeness (QED) is 0.0297. The van der Waals surface area contributed by atoms with Crippen molar-refractivity contribution in [3.05, 3.63) is 35.9 Å². The van der Waals surface area contributed by atoms with Gasteiger partial charge in [0.15, 0.2) is 5.96 Å². The van der Waals surface area contributed by atoms with Gasteiger partial charge in [-0.3, -0.25) is 29.0 Å². The van der Waals surface area contributed by atoms with Gasteiger partial charge in [-0.05, 0) is 43.1 Å². The van der Waals surface area contributed by atoms with Crippen molar-refractivity contribution < 1.29 is 33.9 Å². The topological polar surface area (TPSA) is 273 Å². The number of hydrogen-bond acceptors (Lipinski definition) is 9. The van der Waals surface area contributed by atoms with Gasteiger partial charge in [-0.1, -0.05) is 64.4 Å². The maximum absolute atomic E-state index is 13.2. The summed E-state index contributed by atoms with van der Waals surface area (Å²) < 4.78 is 0. The molecule has 0 aromatic heterocycles. The molecule has 0 radical (unpaired) electrons. The molecule has 49 heavy (non-hydrogen) atoms. The zero-order chi connectivity index (χ0) is 37.1. The van der Waals surface area contributed by atoms with E-state index in [4.69, 9.17) is 17.2 Å². The Morgan fingerprint density at radius 1 is 0.857 bits per heavy atom. The molecular formula is C32H53N9O7S. The summed E-state index contributed by atoms with van der Waals surface area (Å²) in [5.41, 5.74) is 17.6. The van der Waals surface area contributed by atoms with Crippen LogP contribution in [-0.2, 0) is 35.2 Å². The van der Waals surface area contributed by atoms with E-state index >= 15 is 0 Å². The van der Waals surface area contributed by atoms with Crippen molar-refractivity contribution in [3.8, 4) is 0 Å². The highest BCUT2D eigenvalue weighted by atomic mass is 32.1. The molecule has 0 spiro atoms. The monoisotopic (exact) mass is 707 g/mol.